The van der Waals surface area contributed by atoms with Crippen LogP contribution in [0.15, 0.2) is 42.9 Å². The second-order valence-electron chi connectivity index (χ2n) is 6.72. The van der Waals surface area contributed by atoms with E-state index >= 15 is 0 Å². The quantitative estimate of drug-likeness (QED) is 0.761. The van der Waals surface area contributed by atoms with Crippen LogP contribution in [-0.4, -0.2) is 37.8 Å². The van der Waals surface area contributed by atoms with E-state index < -0.39 is 0 Å². The first-order valence-electron chi connectivity index (χ1n) is 9.04. The maximum absolute atomic E-state index is 14.5. The Labute approximate surface area is 156 Å². The van der Waals surface area contributed by atoms with Crippen LogP contribution in [0, 0.1) is 5.82 Å². The minimum absolute atomic E-state index is 0.178. The highest BCUT2D eigenvalue weighted by molar-refractivity contribution is 5.77. The summed E-state index contributed by atoms with van der Waals surface area (Å²) in [6.07, 6.45) is 6.27. The number of aliphatic hydroxyl groups excluding tert-OH is 1. The van der Waals surface area contributed by atoms with E-state index in [2.05, 4.69) is 19.5 Å². The van der Waals surface area contributed by atoms with Crippen molar-refractivity contribution in [1.29, 1.82) is 0 Å². The van der Waals surface area contributed by atoms with Crippen molar-refractivity contribution in [3.05, 3.63) is 48.7 Å². The first-order valence-corrected chi connectivity index (χ1v) is 9.04. The lowest BCUT2D eigenvalue weighted by Crippen LogP contribution is -2.21. The maximum Gasteiger partial charge on any atom is 0.316 e. The molecule has 1 N–H and O–H groups in total. The predicted octanol–water partition coefficient (Wildman–Crippen LogP) is 3.63. The molecule has 27 heavy (non-hydrogen) atoms. The molecule has 3 aromatic rings. The van der Waals surface area contributed by atoms with E-state index in [1.54, 1.807) is 36.8 Å². The number of aliphatic hydroxyl groups is 1. The van der Waals surface area contributed by atoms with Crippen molar-refractivity contribution >= 4 is 0 Å². The van der Waals surface area contributed by atoms with Crippen molar-refractivity contribution in [2.24, 2.45) is 0 Å². The predicted molar refractivity (Wildman–Crippen MR) is 98.7 cm³/mol. The number of ether oxygens (including phenoxy) is 1. The second-order valence-corrected chi connectivity index (χ2v) is 6.72. The van der Waals surface area contributed by atoms with Crippen LogP contribution >= 0.6 is 0 Å². The lowest BCUT2D eigenvalue weighted by atomic mass is 9.92. The third kappa shape index (κ3) is 3.42. The Bertz CT molecular complexity index is 935. The summed E-state index contributed by atoms with van der Waals surface area (Å²) < 4.78 is 21.7. The van der Waals surface area contributed by atoms with Gasteiger partial charge in [-0.2, -0.15) is 4.98 Å². The molecule has 0 amide bonds. The Morgan fingerprint density at radius 1 is 1.11 bits per heavy atom. The van der Waals surface area contributed by atoms with E-state index in [1.165, 1.54) is 13.2 Å². The van der Waals surface area contributed by atoms with Crippen LogP contribution in [0.25, 0.3) is 22.6 Å². The van der Waals surface area contributed by atoms with Crippen LogP contribution < -0.4 is 4.74 Å². The first-order chi connectivity index (χ1) is 13.2. The molecule has 1 aliphatic carbocycles. The largest absolute Gasteiger partial charge is 0.467 e. The Morgan fingerprint density at radius 3 is 2.63 bits per heavy atom. The van der Waals surface area contributed by atoms with Crippen molar-refractivity contribution in [3.63, 3.8) is 0 Å². The number of hydrogen-bond acceptors (Lipinski definition) is 5. The zero-order chi connectivity index (χ0) is 18.8. The van der Waals surface area contributed by atoms with E-state index in [1.807, 2.05) is 0 Å². The highest BCUT2D eigenvalue weighted by Gasteiger charge is 2.26. The van der Waals surface area contributed by atoms with Crippen LogP contribution in [-0.2, 0) is 0 Å². The van der Waals surface area contributed by atoms with Gasteiger partial charge in [0, 0.05) is 17.8 Å². The number of nitrogens with zero attached hydrogens (tertiary/aromatic N) is 4. The van der Waals surface area contributed by atoms with Crippen molar-refractivity contribution in [2.75, 3.05) is 7.11 Å². The summed E-state index contributed by atoms with van der Waals surface area (Å²) in [5.41, 5.74) is 2.34. The lowest BCUT2D eigenvalue weighted by molar-refractivity contribution is 0.111. The third-order valence-electron chi connectivity index (χ3n) is 5.04. The van der Waals surface area contributed by atoms with Gasteiger partial charge in [-0.05, 0) is 43.9 Å². The molecule has 0 saturated heterocycles. The second kappa shape index (κ2) is 7.44. The van der Waals surface area contributed by atoms with Gasteiger partial charge in [-0.1, -0.05) is 12.1 Å². The normalized spacial score (nSPS) is 19.8. The summed E-state index contributed by atoms with van der Waals surface area (Å²) in [6, 6.07) is 8.79. The molecule has 2 heterocycles. The molecule has 6 nitrogen and oxygen atoms in total. The highest BCUT2D eigenvalue weighted by Crippen LogP contribution is 2.37. The average Bonchev–Trinajstić information content (AvgIpc) is 3.14. The summed E-state index contributed by atoms with van der Waals surface area (Å²) in [7, 11) is 1.51. The SMILES string of the molecule is COc1nccc(-c2c(-c3ccccc3F)ncn2C2CCC(O)CC2)n1. The molecule has 1 aromatic carbocycles. The summed E-state index contributed by atoms with van der Waals surface area (Å²) in [5.74, 6) is -0.330. The number of hydrogen-bond donors (Lipinski definition) is 1. The number of imidazole rings is 1. The van der Waals surface area contributed by atoms with Crippen molar-refractivity contribution in [1.82, 2.24) is 19.5 Å². The molecule has 0 spiro atoms. The fraction of sp³-hybridized carbons (Fsp3) is 0.350. The molecular weight excluding hydrogens is 347 g/mol. The summed E-state index contributed by atoms with van der Waals surface area (Å²) >= 11 is 0. The van der Waals surface area contributed by atoms with Crippen LogP contribution in [0.3, 0.4) is 0 Å². The number of aromatic nitrogens is 4. The lowest BCUT2D eigenvalue weighted by Gasteiger charge is -2.28. The standard InChI is InChI=1S/C20H21FN4O2/c1-27-20-22-11-10-17(24-20)19-18(15-4-2-3-5-16(15)21)23-12-25(19)13-6-8-14(26)9-7-13/h2-5,10-14,26H,6-9H2,1H3. The molecule has 1 fully saturated rings. The maximum atomic E-state index is 14.5. The number of halogens is 1. The van der Waals surface area contributed by atoms with Crippen LogP contribution in [0.2, 0.25) is 0 Å². The molecule has 0 unspecified atom stereocenters. The molecule has 0 atom stereocenters. The Balaban J connectivity index is 1.86. The van der Waals surface area contributed by atoms with Gasteiger partial charge >= 0.3 is 6.01 Å². The molecule has 1 aliphatic rings. The summed E-state index contributed by atoms with van der Waals surface area (Å²) in [5, 5.41) is 9.84. The third-order valence-corrected chi connectivity index (χ3v) is 5.04. The van der Waals surface area contributed by atoms with Crippen molar-refractivity contribution in [3.8, 4) is 28.7 Å². The molecule has 0 radical (unpaired) electrons. The fourth-order valence-electron chi connectivity index (χ4n) is 3.65. The van der Waals surface area contributed by atoms with E-state index in [9.17, 15) is 9.50 Å². The van der Waals surface area contributed by atoms with Crippen molar-refractivity contribution in [2.45, 2.75) is 37.8 Å². The van der Waals surface area contributed by atoms with Gasteiger partial charge < -0.3 is 14.4 Å². The van der Waals surface area contributed by atoms with Gasteiger partial charge in [-0.3, -0.25) is 0 Å². The fourth-order valence-corrected chi connectivity index (χ4v) is 3.65. The molecule has 4 rings (SSSR count). The molecule has 140 valence electrons. The van der Waals surface area contributed by atoms with E-state index in [0.29, 0.717) is 17.0 Å². The van der Waals surface area contributed by atoms with Crippen LogP contribution in [0.4, 0.5) is 4.39 Å². The first kappa shape index (κ1) is 17.6. The average molecular weight is 368 g/mol. The zero-order valence-electron chi connectivity index (χ0n) is 15.0. The Hall–Kier alpha value is -2.80. The highest BCUT2D eigenvalue weighted by atomic mass is 19.1. The van der Waals surface area contributed by atoms with Gasteiger partial charge in [0.05, 0.1) is 30.9 Å². The van der Waals surface area contributed by atoms with Gasteiger partial charge in [0.2, 0.25) is 0 Å². The molecule has 1 saturated carbocycles. The number of rotatable bonds is 4. The van der Waals surface area contributed by atoms with Gasteiger partial charge in [-0.15, -0.1) is 0 Å². The topological polar surface area (TPSA) is 73.1 Å². The van der Waals surface area contributed by atoms with E-state index in [0.717, 1.165) is 31.4 Å². The summed E-state index contributed by atoms with van der Waals surface area (Å²) in [4.78, 5) is 13.1. The number of methoxy groups -OCH3 is 1. The monoisotopic (exact) mass is 368 g/mol. The molecule has 0 bridgehead atoms. The molecule has 0 aliphatic heterocycles. The van der Waals surface area contributed by atoms with E-state index in [-0.39, 0.29) is 24.0 Å². The Kier molecular flexibility index (Phi) is 4.85. The van der Waals surface area contributed by atoms with E-state index in [4.69, 9.17) is 4.74 Å². The van der Waals surface area contributed by atoms with Crippen molar-refractivity contribution < 1.29 is 14.2 Å². The Morgan fingerprint density at radius 2 is 1.89 bits per heavy atom. The van der Waals surface area contributed by atoms with Gasteiger partial charge in [0.15, 0.2) is 0 Å². The minimum Gasteiger partial charge on any atom is -0.467 e. The zero-order valence-corrected chi connectivity index (χ0v) is 15.0. The van der Waals surface area contributed by atoms with Gasteiger partial charge in [0.1, 0.15) is 11.5 Å². The van der Waals surface area contributed by atoms with Gasteiger partial charge in [-0.25, -0.2) is 14.4 Å². The minimum atomic E-state index is -0.330. The van der Waals surface area contributed by atoms with Crippen LogP contribution in [0.5, 0.6) is 6.01 Å². The molecule has 2 aromatic heterocycles. The molecular formula is C20H21FN4O2. The smallest absolute Gasteiger partial charge is 0.316 e. The van der Waals surface area contributed by atoms with Crippen LogP contribution in [0.1, 0.15) is 31.7 Å². The number of benzene rings is 1. The summed E-state index contributed by atoms with van der Waals surface area (Å²) in [6.45, 7) is 0. The molecule has 7 heteroatoms. The van der Waals surface area contributed by atoms with Gasteiger partial charge in [0.25, 0.3) is 0 Å².